The van der Waals surface area contributed by atoms with Crippen LogP contribution in [0.4, 0.5) is 4.39 Å². The van der Waals surface area contributed by atoms with Crippen LogP contribution in [-0.2, 0) is 0 Å². The third kappa shape index (κ3) is 2.96. The summed E-state index contributed by atoms with van der Waals surface area (Å²) in [5.41, 5.74) is 0.484. The molecule has 0 N–H and O–H groups in total. The van der Waals surface area contributed by atoms with Gasteiger partial charge in [-0.15, -0.1) is 0 Å². The summed E-state index contributed by atoms with van der Waals surface area (Å²) in [7, 11) is 1.51. The van der Waals surface area contributed by atoms with Crippen LogP contribution < -0.4 is 4.74 Å². The fraction of sp³-hybridized carbons (Fsp3) is 0.133. The Morgan fingerprint density at radius 3 is 2.42 bits per heavy atom. The molecule has 98 valence electrons. The molecule has 0 aliphatic rings. The first kappa shape index (κ1) is 13.6. The van der Waals surface area contributed by atoms with Gasteiger partial charge in [0.05, 0.1) is 12.7 Å². The lowest BCUT2D eigenvalue weighted by Crippen LogP contribution is -2.00. The smallest absolute Gasteiger partial charge is 0.164 e. The van der Waals surface area contributed by atoms with Gasteiger partial charge in [-0.25, -0.2) is 4.39 Å². The van der Waals surface area contributed by atoms with Crippen molar-refractivity contribution in [2.45, 2.75) is 16.7 Å². The number of hydrogen-bond acceptors (Lipinski definition) is 3. The van der Waals surface area contributed by atoms with Crippen LogP contribution >= 0.6 is 11.8 Å². The highest BCUT2D eigenvalue weighted by Gasteiger charge is 2.15. The molecule has 0 atom stereocenters. The van der Waals surface area contributed by atoms with Crippen molar-refractivity contribution in [3.05, 3.63) is 53.8 Å². The summed E-state index contributed by atoms with van der Waals surface area (Å²) in [6.07, 6.45) is 0. The zero-order chi connectivity index (χ0) is 13.8. The summed E-state index contributed by atoms with van der Waals surface area (Å²) in [5, 5.41) is 0. The number of benzene rings is 2. The molecule has 0 aliphatic carbocycles. The van der Waals surface area contributed by atoms with Crippen LogP contribution in [-0.4, -0.2) is 12.9 Å². The molecule has 0 fully saturated rings. The van der Waals surface area contributed by atoms with Crippen LogP contribution in [0.15, 0.2) is 52.3 Å². The molecule has 0 saturated carbocycles. The van der Waals surface area contributed by atoms with Gasteiger partial charge in [0, 0.05) is 9.79 Å². The standard InChI is InChI=1S/C15H13FO2S/c1-10(17)15-12(18-2)7-5-9-14(15)19-13-8-4-3-6-11(13)16/h3-9H,1-2H3. The van der Waals surface area contributed by atoms with Gasteiger partial charge in [0.25, 0.3) is 0 Å². The molecule has 2 aromatic carbocycles. The molecule has 4 heteroatoms. The van der Waals surface area contributed by atoms with E-state index in [0.717, 1.165) is 0 Å². The normalized spacial score (nSPS) is 10.3. The maximum Gasteiger partial charge on any atom is 0.164 e. The van der Waals surface area contributed by atoms with E-state index in [2.05, 4.69) is 0 Å². The van der Waals surface area contributed by atoms with Crippen molar-refractivity contribution >= 4 is 17.5 Å². The highest BCUT2D eigenvalue weighted by Crippen LogP contribution is 2.36. The average Bonchev–Trinajstić information content (AvgIpc) is 2.40. The zero-order valence-electron chi connectivity index (χ0n) is 10.6. The second kappa shape index (κ2) is 5.89. The Hall–Kier alpha value is -1.81. The molecule has 0 amide bonds. The molecular weight excluding hydrogens is 263 g/mol. The van der Waals surface area contributed by atoms with Gasteiger partial charge in [-0.05, 0) is 31.2 Å². The second-order valence-corrected chi connectivity index (χ2v) is 5.01. The molecule has 0 radical (unpaired) electrons. The lowest BCUT2D eigenvalue weighted by Gasteiger charge is -2.11. The Labute approximate surface area is 115 Å². The first-order chi connectivity index (χ1) is 9.13. The number of methoxy groups -OCH3 is 1. The lowest BCUT2D eigenvalue weighted by molar-refractivity contribution is 0.101. The fourth-order valence-electron chi connectivity index (χ4n) is 1.76. The highest BCUT2D eigenvalue weighted by atomic mass is 32.2. The minimum Gasteiger partial charge on any atom is -0.496 e. The van der Waals surface area contributed by atoms with Crippen molar-refractivity contribution in [3.8, 4) is 5.75 Å². The minimum absolute atomic E-state index is 0.101. The van der Waals surface area contributed by atoms with E-state index in [0.29, 0.717) is 21.1 Å². The quantitative estimate of drug-likeness (QED) is 0.783. The lowest BCUT2D eigenvalue weighted by atomic mass is 10.1. The van der Waals surface area contributed by atoms with Crippen molar-refractivity contribution < 1.29 is 13.9 Å². The molecule has 0 aromatic heterocycles. The van der Waals surface area contributed by atoms with Crippen molar-refractivity contribution in [2.75, 3.05) is 7.11 Å². The Balaban J connectivity index is 2.46. The van der Waals surface area contributed by atoms with Crippen molar-refractivity contribution in [1.82, 2.24) is 0 Å². The van der Waals surface area contributed by atoms with Gasteiger partial charge < -0.3 is 4.74 Å². The van der Waals surface area contributed by atoms with Crippen LogP contribution in [0.2, 0.25) is 0 Å². The van der Waals surface area contributed by atoms with Crippen LogP contribution in [0.25, 0.3) is 0 Å². The number of ether oxygens (including phenoxy) is 1. The van der Waals surface area contributed by atoms with Gasteiger partial charge in [-0.2, -0.15) is 0 Å². The zero-order valence-corrected chi connectivity index (χ0v) is 11.5. The number of carbonyl (C=O) groups excluding carboxylic acids is 1. The van der Waals surface area contributed by atoms with E-state index in [1.165, 1.54) is 31.9 Å². The van der Waals surface area contributed by atoms with Crippen LogP contribution in [0, 0.1) is 5.82 Å². The van der Waals surface area contributed by atoms with E-state index >= 15 is 0 Å². The van der Waals surface area contributed by atoms with Crippen LogP contribution in [0.5, 0.6) is 5.75 Å². The maximum atomic E-state index is 13.7. The Morgan fingerprint density at radius 1 is 1.11 bits per heavy atom. The van der Waals surface area contributed by atoms with Crippen LogP contribution in [0.1, 0.15) is 17.3 Å². The van der Waals surface area contributed by atoms with Gasteiger partial charge in [0.1, 0.15) is 11.6 Å². The topological polar surface area (TPSA) is 26.3 Å². The number of rotatable bonds is 4. The van der Waals surface area contributed by atoms with E-state index < -0.39 is 0 Å². The van der Waals surface area contributed by atoms with E-state index in [4.69, 9.17) is 4.74 Å². The summed E-state index contributed by atoms with van der Waals surface area (Å²) in [5.74, 6) is 0.106. The fourth-order valence-corrected chi connectivity index (χ4v) is 2.80. The summed E-state index contributed by atoms with van der Waals surface area (Å²) in [4.78, 5) is 12.9. The van der Waals surface area contributed by atoms with Gasteiger partial charge >= 0.3 is 0 Å². The van der Waals surface area contributed by atoms with E-state index in [1.54, 1.807) is 36.4 Å². The summed E-state index contributed by atoms with van der Waals surface area (Å²) in [6.45, 7) is 1.48. The van der Waals surface area contributed by atoms with Crippen molar-refractivity contribution in [3.63, 3.8) is 0 Å². The predicted molar refractivity (Wildman–Crippen MR) is 73.5 cm³/mol. The highest BCUT2D eigenvalue weighted by molar-refractivity contribution is 7.99. The first-order valence-corrected chi connectivity index (χ1v) is 6.55. The molecule has 19 heavy (non-hydrogen) atoms. The Kier molecular flexibility index (Phi) is 4.22. The molecule has 0 saturated heterocycles. The maximum absolute atomic E-state index is 13.7. The molecule has 2 rings (SSSR count). The largest absolute Gasteiger partial charge is 0.496 e. The van der Waals surface area contributed by atoms with E-state index in [-0.39, 0.29) is 11.6 Å². The number of halogens is 1. The van der Waals surface area contributed by atoms with Crippen molar-refractivity contribution in [1.29, 1.82) is 0 Å². The minimum atomic E-state index is -0.301. The SMILES string of the molecule is COc1cccc(Sc2ccccc2F)c1C(C)=O. The van der Waals surface area contributed by atoms with E-state index in [1.807, 2.05) is 0 Å². The third-order valence-electron chi connectivity index (χ3n) is 2.62. The number of ketones is 1. The predicted octanol–water partition coefficient (Wildman–Crippen LogP) is 4.19. The molecule has 0 bridgehead atoms. The Morgan fingerprint density at radius 2 is 1.79 bits per heavy atom. The number of hydrogen-bond donors (Lipinski definition) is 0. The molecule has 0 heterocycles. The number of carbonyl (C=O) groups is 1. The second-order valence-electron chi connectivity index (χ2n) is 3.92. The molecule has 0 spiro atoms. The van der Waals surface area contributed by atoms with Crippen LogP contribution in [0.3, 0.4) is 0 Å². The third-order valence-corrected chi connectivity index (χ3v) is 3.73. The molecule has 0 unspecified atom stereocenters. The molecular formula is C15H13FO2S. The summed E-state index contributed by atoms with van der Waals surface area (Å²) >= 11 is 1.22. The van der Waals surface area contributed by atoms with Gasteiger partial charge in [-0.1, -0.05) is 30.0 Å². The summed E-state index contributed by atoms with van der Waals surface area (Å²) < 4.78 is 18.8. The molecule has 0 aliphatic heterocycles. The first-order valence-electron chi connectivity index (χ1n) is 5.74. The van der Waals surface area contributed by atoms with Gasteiger partial charge in [0.2, 0.25) is 0 Å². The number of Topliss-reactive ketones (excluding diaryl/α,β-unsaturated/α-hetero) is 1. The molecule has 2 nitrogen and oxygen atoms in total. The Bertz CT molecular complexity index is 611. The van der Waals surface area contributed by atoms with Gasteiger partial charge in [-0.3, -0.25) is 4.79 Å². The monoisotopic (exact) mass is 276 g/mol. The van der Waals surface area contributed by atoms with Crippen molar-refractivity contribution in [2.24, 2.45) is 0 Å². The average molecular weight is 276 g/mol. The van der Waals surface area contributed by atoms with Gasteiger partial charge in [0.15, 0.2) is 5.78 Å². The molecule has 2 aromatic rings. The van der Waals surface area contributed by atoms with E-state index in [9.17, 15) is 9.18 Å². The summed E-state index contributed by atoms with van der Waals surface area (Å²) in [6, 6.07) is 11.8.